The molecular weight excluding hydrogens is 276 g/mol. The number of hydrogen-bond donors (Lipinski definition) is 1. The van der Waals surface area contributed by atoms with Gasteiger partial charge in [0, 0.05) is 15.3 Å². The van der Waals surface area contributed by atoms with Gasteiger partial charge in [0.05, 0.1) is 12.2 Å². The van der Waals surface area contributed by atoms with Crippen LogP contribution < -0.4 is 0 Å². The molecule has 5 heteroatoms. The van der Waals surface area contributed by atoms with Crippen molar-refractivity contribution in [3.8, 4) is 0 Å². The number of aromatic carboxylic acids is 1. The zero-order chi connectivity index (χ0) is 15.0. The molecule has 0 saturated heterocycles. The van der Waals surface area contributed by atoms with E-state index in [1.54, 1.807) is 0 Å². The summed E-state index contributed by atoms with van der Waals surface area (Å²) in [6.07, 6.45) is 0. The highest BCUT2D eigenvalue weighted by Gasteiger charge is 2.37. The maximum Gasteiger partial charge on any atom is 0.337 e. The Balaban J connectivity index is 2.99. The lowest BCUT2D eigenvalue weighted by atomic mass is 10.1. The van der Waals surface area contributed by atoms with Gasteiger partial charge in [0.25, 0.3) is 0 Å². The first kappa shape index (κ1) is 16.4. The molecule has 1 heterocycles. The molecule has 1 aromatic rings. The van der Waals surface area contributed by atoms with Gasteiger partial charge in [0.15, 0.2) is 8.32 Å². The minimum absolute atomic E-state index is 0.134. The van der Waals surface area contributed by atoms with E-state index in [0.29, 0.717) is 12.2 Å². The van der Waals surface area contributed by atoms with Gasteiger partial charge in [0.1, 0.15) is 0 Å². The maximum atomic E-state index is 11.3. The van der Waals surface area contributed by atoms with Crippen LogP contribution in [-0.2, 0) is 11.0 Å². The van der Waals surface area contributed by atoms with Gasteiger partial charge >= 0.3 is 5.97 Å². The largest absolute Gasteiger partial charge is 0.478 e. The van der Waals surface area contributed by atoms with Crippen LogP contribution in [0.5, 0.6) is 0 Å². The molecule has 0 aliphatic carbocycles. The van der Waals surface area contributed by atoms with Crippen LogP contribution in [0.15, 0.2) is 0 Å². The average Bonchev–Trinajstić information content (AvgIpc) is 2.48. The van der Waals surface area contributed by atoms with E-state index in [0.717, 1.165) is 15.3 Å². The molecule has 0 amide bonds. The lowest BCUT2D eigenvalue weighted by Crippen LogP contribution is -2.40. The van der Waals surface area contributed by atoms with E-state index < -0.39 is 14.3 Å². The van der Waals surface area contributed by atoms with Crippen LogP contribution in [0.4, 0.5) is 0 Å². The van der Waals surface area contributed by atoms with Crippen molar-refractivity contribution < 1.29 is 14.3 Å². The summed E-state index contributed by atoms with van der Waals surface area (Å²) in [5.41, 5.74) is 1.28. The highest BCUT2D eigenvalue weighted by molar-refractivity contribution is 7.12. The first-order valence-corrected chi connectivity index (χ1v) is 10.2. The van der Waals surface area contributed by atoms with E-state index in [1.807, 2.05) is 13.8 Å². The Kier molecular flexibility index (Phi) is 4.65. The molecule has 0 radical (unpaired) electrons. The fourth-order valence-corrected chi connectivity index (χ4v) is 3.65. The molecule has 1 rings (SSSR count). The topological polar surface area (TPSA) is 46.5 Å². The van der Waals surface area contributed by atoms with E-state index in [1.165, 1.54) is 11.3 Å². The molecule has 1 aromatic heterocycles. The third kappa shape index (κ3) is 3.46. The van der Waals surface area contributed by atoms with Crippen LogP contribution in [-0.4, -0.2) is 19.4 Å². The fourth-order valence-electron chi connectivity index (χ4n) is 1.65. The van der Waals surface area contributed by atoms with Crippen molar-refractivity contribution in [3.63, 3.8) is 0 Å². The number of carboxylic acids is 1. The standard InChI is InChI=1S/C14H24O3SSi/c1-9-11(12(13(15)16)10(2)18-9)8-17-19(6,7)14(3,4)5/h8H2,1-7H3,(H,15,16). The van der Waals surface area contributed by atoms with Crippen LogP contribution in [0.2, 0.25) is 18.1 Å². The molecule has 19 heavy (non-hydrogen) atoms. The zero-order valence-electron chi connectivity index (χ0n) is 12.9. The summed E-state index contributed by atoms with van der Waals surface area (Å²) in [4.78, 5) is 13.2. The Morgan fingerprint density at radius 1 is 1.26 bits per heavy atom. The summed E-state index contributed by atoms with van der Waals surface area (Å²) in [6, 6.07) is 0. The molecule has 1 N–H and O–H groups in total. The first-order chi connectivity index (χ1) is 8.47. The number of thiophene rings is 1. The van der Waals surface area contributed by atoms with Crippen molar-refractivity contribution in [3.05, 3.63) is 20.9 Å². The van der Waals surface area contributed by atoms with Gasteiger partial charge in [-0.3, -0.25) is 0 Å². The Morgan fingerprint density at radius 3 is 2.21 bits per heavy atom. The van der Waals surface area contributed by atoms with Gasteiger partial charge in [-0.2, -0.15) is 0 Å². The second kappa shape index (κ2) is 5.38. The third-order valence-corrected chi connectivity index (χ3v) is 9.52. The van der Waals surface area contributed by atoms with Gasteiger partial charge in [-0.15, -0.1) is 11.3 Å². The number of aryl methyl sites for hydroxylation is 2. The van der Waals surface area contributed by atoms with Crippen LogP contribution in [0, 0.1) is 13.8 Å². The quantitative estimate of drug-likeness (QED) is 0.828. The smallest absolute Gasteiger partial charge is 0.337 e. The normalized spacial score (nSPS) is 12.8. The predicted molar refractivity (Wildman–Crippen MR) is 82.7 cm³/mol. The summed E-state index contributed by atoms with van der Waals surface area (Å²) in [5.74, 6) is -0.851. The molecule has 0 atom stereocenters. The molecule has 0 fully saturated rings. The number of rotatable bonds is 4. The lowest BCUT2D eigenvalue weighted by molar-refractivity contribution is 0.0693. The van der Waals surface area contributed by atoms with Crippen molar-refractivity contribution in [2.75, 3.05) is 0 Å². The molecule has 0 spiro atoms. The Morgan fingerprint density at radius 2 is 1.79 bits per heavy atom. The predicted octanol–water partition coefficient (Wildman–Crippen LogP) is 4.58. The first-order valence-electron chi connectivity index (χ1n) is 6.43. The summed E-state index contributed by atoms with van der Waals surface area (Å²) in [6.45, 7) is 15.2. The highest BCUT2D eigenvalue weighted by atomic mass is 32.1. The lowest BCUT2D eigenvalue weighted by Gasteiger charge is -2.36. The second-order valence-corrected chi connectivity index (χ2v) is 12.7. The maximum absolute atomic E-state index is 11.3. The summed E-state index contributed by atoms with van der Waals surface area (Å²) >= 11 is 1.54. The second-order valence-electron chi connectivity index (χ2n) is 6.42. The molecule has 0 aliphatic heterocycles. The van der Waals surface area contributed by atoms with E-state index in [4.69, 9.17) is 4.43 Å². The van der Waals surface area contributed by atoms with Crippen molar-refractivity contribution in [1.29, 1.82) is 0 Å². The average molecular weight is 300 g/mol. The van der Waals surface area contributed by atoms with Crippen LogP contribution >= 0.6 is 11.3 Å². The molecular formula is C14H24O3SSi. The van der Waals surface area contributed by atoms with E-state index in [2.05, 4.69) is 33.9 Å². The van der Waals surface area contributed by atoms with Crippen molar-refractivity contribution in [2.24, 2.45) is 0 Å². The Labute approximate surface area is 120 Å². The third-order valence-electron chi connectivity index (χ3n) is 3.98. The van der Waals surface area contributed by atoms with Crippen LogP contribution in [0.25, 0.3) is 0 Å². The van der Waals surface area contributed by atoms with Gasteiger partial charge in [-0.1, -0.05) is 20.8 Å². The number of carbonyl (C=O) groups is 1. The van der Waals surface area contributed by atoms with E-state index >= 15 is 0 Å². The zero-order valence-corrected chi connectivity index (χ0v) is 14.7. The monoisotopic (exact) mass is 300 g/mol. The Bertz CT molecular complexity index is 484. The van der Waals surface area contributed by atoms with Crippen LogP contribution in [0.3, 0.4) is 0 Å². The summed E-state index contributed by atoms with van der Waals surface area (Å²) in [5, 5.41) is 9.45. The van der Waals surface area contributed by atoms with Crippen molar-refractivity contribution in [2.45, 2.75) is 59.4 Å². The minimum atomic E-state index is -1.85. The Hall–Kier alpha value is -0.653. The van der Waals surface area contributed by atoms with Crippen molar-refractivity contribution >= 4 is 25.6 Å². The summed E-state index contributed by atoms with van der Waals surface area (Å²) in [7, 11) is -1.85. The number of carboxylic acid groups (broad SMARTS) is 1. The van der Waals surface area contributed by atoms with E-state index in [9.17, 15) is 9.90 Å². The SMILES string of the molecule is Cc1sc(C)c(C(=O)O)c1CO[Si](C)(C)C(C)(C)C. The molecule has 108 valence electrons. The van der Waals surface area contributed by atoms with Gasteiger partial charge in [0.2, 0.25) is 0 Å². The van der Waals surface area contributed by atoms with Crippen LogP contribution in [0.1, 0.15) is 46.4 Å². The fraction of sp³-hybridized carbons (Fsp3) is 0.643. The molecule has 0 aliphatic rings. The highest BCUT2D eigenvalue weighted by Crippen LogP contribution is 2.38. The van der Waals surface area contributed by atoms with Gasteiger partial charge in [-0.05, 0) is 32.0 Å². The molecule has 0 bridgehead atoms. The van der Waals surface area contributed by atoms with Gasteiger partial charge in [-0.25, -0.2) is 4.79 Å². The molecule has 0 unspecified atom stereocenters. The molecule has 0 saturated carbocycles. The van der Waals surface area contributed by atoms with Crippen molar-refractivity contribution in [1.82, 2.24) is 0 Å². The summed E-state index contributed by atoms with van der Waals surface area (Å²) < 4.78 is 6.15. The molecule has 3 nitrogen and oxygen atoms in total. The number of hydrogen-bond acceptors (Lipinski definition) is 3. The molecule has 0 aromatic carbocycles. The van der Waals surface area contributed by atoms with Gasteiger partial charge < -0.3 is 9.53 Å². The minimum Gasteiger partial charge on any atom is -0.478 e. The van der Waals surface area contributed by atoms with E-state index in [-0.39, 0.29) is 5.04 Å².